The van der Waals surface area contributed by atoms with Gasteiger partial charge in [0.05, 0.1) is 18.1 Å². The van der Waals surface area contributed by atoms with Crippen molar-refractivity contribution in [2.24, 2.45) is 0 Å². The molecule has 8 heteroatoms. The molecule has 24 heavy (non-hydrogen) atoms. The number of hydrogen-bond acceptors (Lipinski definition) is 6. The number of hydrogen-bond donors (Lipinski definition) is 3. The fraction of sp³-hybridized carbons (Fsp3) is 0.562. The minimum atomic E-state index is -1.45. The second-order valence-corrected chi connectivity index (χ2v) is 11.7. The van der Waals surface area contributed by atoms with Crippen LogP contribution in [-0.2, 0) is 4.74 Å². The van der Waals surface area contributed by atoms with Gasteiger partial charge in [0.2, 0.25) is 0 Å². The molecule has 0 radical (unpaired) electrons. The van der Waals surface area contributed by atoms with Crippen molar-refractivity contribution in [1.29, 1.82) is 0 Å². The Balaban J connectivity index is 1.92. The second-order valence-electron chi connectivity index (χ2n) is 7.37. The zero-order valence-corrected chi connectivity index (χ0v) is 15.1. The van der Waals surface area contributed by atoms with Crippen molar-refractivity contribution in [3.8, 4) is 0 Å². The molecular formula is C16H25N4O3P. The number of aromatic nitrogens is 3. The van der Waals surface area contributed by atoms with Crippen LogP contribution in [0.1, 0.15) is 19.6 Å². The van der Waals surface area contributed by atoms with Crippen LogP contribution in [0.2, 0.25) is 0 Å². The van der Waals surface area contributed by atoms with Gasteiger partial charge in [0.25, 0.3) is 0 Å². The third kappa shape index (κ3) is 2.97. The molecule has 0 unspecified atom stereocenters. The van der Waals surface area contributed by atoms with E-state index in [1.165, 1.54) is 0 Å². The first-order valence-corrected chi connectivity index (χ1v) is 11.0. The largest absolute Gasteiger partial charge is 0.397 e. The highest BCUT2D eigenvalue weighted by Gasteiger charge is 2.53. The summed E-state index contributed by atoms with van der Waals surface area (Å²) in [4.78, 5) is 8.55. The van der Waals surface area contributed by atoms with Crippen LogP contribution < -0.4 is 5.73 Å². The van der Waals surface area contributed by atoms with Crippen LogP contribution in [0, 0.1) is 0 Å². The van der Waals surface area contributed by atoms with E-state index in [0.29, 0.717) is 23.3 Å². The van der Waals surface area contributed by atoms with Crippen LogP contribution >= 0.6 is 6.89 Å². The molecule has 0 spiro atoms. The first kappa shape index (κ1) is 17.4. The quantitative estimate of drug-likeness (QED) is 0.712. The number of aliphatic hydroxyl groups excluding tert-OH is 1. The van der Waals surface area contributed by atoms with Gasteiger partial charge in [-0.15, -0.1) is 13.2 Å². The van der Waals surface area contributed by atoms with Crippen molar-refractivity contribution in [3.63, 3.8) is 0 Å². The number of ether oxygens (including phenoxy) is 1. The van der Waals surface area contributed by atoms with Crippen molar-refractivity contribution in [2.45, 2.75) is 37.4 Å². The molecule has 0 aromatic carbocycles. The van der Waals surface area contributed by atoms with E-state index in [-0.39, 0.29) is 0 Å². The molecule has 3 heterocycles. The van der Waals surface area contributed by atoms with E-state index in [9.17, 15) is 10.2 Å². The predicted molar refractivity (Wildman–Crippen MR) is 97.9 cm³/mol. The molecule has 3 rings (SSSR count). The normalized spacial score (nSPS) is 31.0. The van der Waals surface area contributed by atoms with Gasteiger partial charge in [0.1, 0.15) is 17.2 Å². The summed E-state index contributed by atoms with van der Waals surface area (Å²) in [5, 5.41) is 21.4. The lowest BCUT2D eigenvalue weighted by Crippen LogP contribution is -2.43. The van der Waals surface area contributed by atoms with Crippen molar-refractivity contribution >= 4 is 30.0 Å². The summed E-state index contributed by atoms with van der Waals surface area (Å²) < 4.78 is 7.65. The van der Waals surface area contributed by atoms with E-state index in [1.54, 1.807) is 30.1 Å². The summed E-state index contributed by atoms with van der Waals surface area (Å²) in [6, 6.07) is 1.67. The molecule has 4 atom stereocenters. The molecule has 7 nitrogen and oxygen atoms in total. The molecule has 2 aromatic heterocycles. The van der Waals surface area contributed by atoms with Gasteiger partial charge in [0.15, 0.2) is 11.9 Å². The van der Waals surface area contributed by atoms with Crippen LogP contribution in [0.15, 0.2) is 18.6 Å². The minimum Gasteiger partial charge on any atom is -0.397 e. The minimum absolute atomic E-state index is 0.454. The number of fused-ring (bicyclic) bond motifs is 1. The first-order chi connectivity index (χ1) is 11.1. The van der Waals surface area contributed by atoms with Crippen LogP contribution in [0.5, 0.6) is 0 Å². The number of pyridine rings is 1. The van der Waals surface area contributed by atoms with Gasteiger partial charge in [-0.3, -0.25) is 4.57 Å². The Bertz CT molecular complexity index is 798. The topological polar surface area (TPSA) is 106 Å². The van der Waals surface area contributed by atoms with Crippen molar-refractivity contribution in [1.82, 2.24) is 14.5 Å². The number of nitrogens with two attached hydrogens (primary N) is 1. The van der Waals surface area contributed by atoms with Gasteiger partial charge in [-0.2, -0.15) is 0 Å². The molecule has 132 valence electrons. The Labute approximate surface area is 141 Å². The third-order valence-electron chi connectivity index (χ3n) is 4.52. The van der Waals surface area contributed by atoms with E-state index in [2.05, 4.69) is 29.6 Å². The molecule has 2 aromatic rings. The SMILES string of the molecule is C=P(C)(C)CC[C@H]1O[C@@H](n2cnc3c(N)ccnc32)[C@](C)(O)[C@@H]1O. The molecule has 1 aliphatic heterocycles. The van der Waals surface area contributed by atoms with Gasteiger partial charge in [0, 0.05) is 6.20 Å². The highest BCUT2D eigenvalue weighted by atomic mass is 31.2. The maximum Gasteiger partial charge on any atom is 0.168 e. The average molecular weight is 352 g/mol. The summed E-state index contributed by atoms with van der Waals surface area (Å²) in [6.45, 7) is 4.62. The molecular weight excluding hydrogens is 327 g/mol. The highest BCUT2D eigenvalue weighted by molar-refractivity contribution is 7.72. The van der Waals surface area contributed by atoms with Gasteiger partial charge in [-0.25, -0.2) is 9.97 Å². The van der Waals surface area contributed by atoms with E-state index in [4.69, 9.17) is 10.5 Å². The van der Waals surface area contributed by atoms with E-state index >= 15 is 0 Å². The Hall–Kier alpha value is -1.40. The second kappa shape index (κ2) is 5.85. The first-order valence-electron chi connectivity index (χ1n) is 7.91. The van der Waals surface area contributed by atoms with E-state index in [0.717, 1.165) is 6.16 Å². The fourth-order valence-electron chi connectivity index (χ4n) is 3.07. The van der Waals surface area contributed by atoms with Gasteiger partial charge in [-0.05, 0) is 38.9 Å². The zero-order chi connectivity index (χ0) is 17.7. The average Bonchev–Trinajstić information content (AvgIpc) is 2.99. The standard InChI is InChI=1S/C16H25N4O3P/c1-16(22)13(21)11(6-8-24(2,3)4)23-15(16)20-9-19-12-10(17)5-7-18-14(12)20/h5,7,9,11,13,15,21-22H,2,6,8H2,1,3-4H3,(H2,17,18)/t11-,13-,15-,16-/m1/s1. The number of aliphatic hydroxyl groups is 2. The lowest BCUT2D eigenvalue weighted by atomic mass is 9.95. The summed E-state index contributed by atoms with van der Waals surface area (Å²) in [7, 11) is 0. The van der Waals surface area contributed by atoms with Crippen molar-refractivity contribution in [2.75, 3.05) is 25.2 Å². The lowest BCUT2D eigenvalue weighted by Gasteiger charge is -2.27. The van der Waals surface area contributed by atoms with Crippen LogP contribution in [0.4, 0.5) is 5.69 Å². The van der Waals surface area contributed by atoms with Gasteiger partial charge in [-0.1, -0.05) is 0 Å². The molecule has 0 amide bonds. The monoisotopic (exact) mass is 352 g/mol. The summed E-state index contributed by atoms with van der Waals surface area (Å²) in [6.07, 6.45) is 6.63. The smallest absolute Gasteiger partial charge is 0.168 e. The van der Waals surface area contributed by atoms with Crippen LogP contribution in [0.3, 0.4) is 0 Å². The molecule has 4 N–H and O–H groups in total. The molecule has 0 saturated carbocycles. The van der Waals surface area contributed by atoms with Crippen LogP contribution in [0.25, 0.3) is 11.2 Å². The maximum atomic E-state index is 10.8. The summed E-state index contributed by atoms with van der Waals surface area (Å²) in [5.41, 5.74) is 6.06. The maximum absolute atomic E-state index is 10.8. The lowest BCUT2D eigenvalue weighted by molar-refractivity contribution is -0.0939. The van der Waals surface area contributed by atoms with Crippen molar-refractivity contribution in [3.05, 3.63) is 18.6 Å². The molecule has 0 aliphatic carbocycles. The predicted octanol–water partition coefficient (Wildman–Crippen LogP) is 1.12. The Kier molecular flexibility index (Phi) is 4.24. The molecule has 1 fully saturated rings. The third-order valence-corrected chi connectivity index (χ3v) is 5.99. The van der Waals surface area contributed by atoms with Crippen molar-refractivity contribution < 1.29 is 14.9 Å². The molecule has 1 saturated heterocycles. The summed E-state index contributed by atoms with van der Waals surface area (Å²) >= 11 is 0. The molecule has 0 bridgehead atoms. The highest BCUT2D eigenvalue weighted by Crippen LogP contribution is 2.43. The summed E-state index contributed by atoms with van der Waals surface area (Å²) in [5.74, 6) is 0. The van der Waals surface area contributed by atoms with E-state index < -0.39 is 30.9 Å². The Morgan fingerprint density at radius 3 is 2.83 bits per heavy atom. The number of anilines is 1. The van der Waals surface area contributed by atoms with Gasteiger partial charge < -0.3 is 20.7 Å². The zero-order valence-electron chi connectivity index (χ0n) is 14.3. The Morgan fingerprint density at radius 2 is 2.17 bits per heavy atom. The molecule has 1 aliphatic rings. The van der Waals surface area contributed by atoms with Crippen LogP contribution in [-0.4, -0.2) is 68.3 Å². The number of nitrogen functional groups attached to an aromatic ring is 1. The Morgan fingerprint density at radius 1 is 1.46 bits per heavy atom. The van der Waals surface area contributed by atoms with E-state index in [1.807, 2.05) is 0 Å². The number of nitrogens with zero attached hydrogens (tertiary/aromatic N) is 3. The number of imidazole rings is 1. The fourth-order valence-corrected chi connectivity index (χ4v) is 4.03. The van der Waals surface area contributed by atoms with Gasteiger partial charge >= 0.3 is 0 Å². The number of rotatable bonds is 4.